The van der Waals surface area contributed by atoms with E-state index in [1.165, 1.54) is 148 Å². The second-order valence-corrected chi connectivity index (χ2v) is 29.3. The monoisotopic (exact) mass is 1300 g/mol. The number of carbonyl (C=O) groups excluding carboxylic acids is 4. The number of unbranched alkanes of at least 4 members (excludes halogenated alkanes) is 35. The first kappa shape index (κ1) is 86.1. The fourth-order valence-corrected chi connectivity index (χ4v) is 11.9. The number of carbonyl (C=O) groups is 4. The molecule has 0 spiro atoms. The summed E-state index contributed by atoms with van der Waals surface area (Å²) in [6.07, 6.45) is 43.2. The molecule has 0 aromatic heterocycles. The van der Waals surface area contributed by atoms with E-state index in [4.69, 9.17) is 37.0 Å². The highest BCUT2D eigenvalue weighted by atomic mass is 31.2. The number of phosphoric acid groups is 2. The lowest BCUT2D eigenvalue weighted by atomic mass is 10.0. The molecule has 19 heteroatoms. The molecular weight excluding hydrogens is 1160 g/mol. The number of aliphatic hydroxyl groups is 1. The predicted octanol–water partition coefficient (Wildman–Crippen LogP) is 19.5. The van der Waals surface area contributed by atoms with Gasteiger partial charge < -0.3 is 33.8 Å². The van der Waals surface area contributed by atoms with Gasteiger partial charge in [0.2, 0.25) is 0 Å². The lowest BCUT2D eigenvalue weighted by Crippen LogP contribution is -2.30. The number of esters is 4. The quantitative estimate of drug-likeness (QED) is 0.0222. The second kappa shape index (κ2) is 60.0. The van der Waals surface area contributed by atoms with Crippen molar-refractivity contribution in [3.05, 3.63) is 0 Å². The zero-order valence-electron chi connectivity index (χ0n) is 57.2. The normalized spacial score (nSPS) is 14.2. The van der Waals surface area contributed by atoms with E-state index in [0.29, 0.717) is 25.7 Å². The molecule has 0 rings (SSSR count). The molecule has 0 aliphatic rings. The van der Waals surface area contributed by atoms with Crippen molar-refractivity contribution < 1.29 is 80.2 Å². The SMILES string of the molecule is CCCCCCCCCCC(=O)OC[C@H](COP(=O)(O)OC[C@H](O)COP(=O)(O)OC[C@@H](COC(=O)CCCCCCCCCCC(C)C)OC(=O)CCCCCCCCCCCCCCCCCC(C)C)OC(=O)CCCCCCCCCCC(C)C. The van der Waals surface area contributed by atoms with Crippen LogP contribution in [0.3, 0.4) is 0 Å². The molecule has 0 aliphatic heterocycles. The van der Waals surface area contributed by atoms with Gasteiger partial charge in [-0.3, -0.25) is 37.3 Å². The highest BCUT2D eigenvalue weighted by Gasteiger charge is 2.30. The minimum atomic E-state index is -4.95. The van der Waals surface area contributed by atoms with Gasteiger partial charge in [-0.05, 0) is 43.4 Å². The molecule has 0 amide bonds. The number of ether oxygens (including phenoxy) is 4. The van der Waals surface area contributed by atoms with Crippen LogP contribution in [0.5, 0.6) is 0 Å². The van der Waals surface area contributed by atoms with Gasteiger partial charge in [0.05, 0.1) is 26.4 Å². The summed E-state index contributed by atoms with van der Waals surface area (Å²) in [7, 11) is -9.89. The molecule has 0 aliphatic carbocycles. The smallest absolute Gasteiger partial charge is 0.462 e. The average molecular weight is 1300 g/mol. The highest BCUT2D eigenvalue weighted by molar-refractivity contribution is 7.47. The van der Waals surface area contributed by atoms with Crippen LogP contribution in [0.4, 0.5) is 0 Å². The minimum absolute atomic E-state index is 0.104. The van der Waals surface area contributed by atoms with Crippen LogP contribution in [-0.2, 0) is 65.4 Å². The van der Waals surface area contributed by atoms with E-state index in [1.54, 1.807) is 0 Å². The van der Waals surface area contributed by atoms with E-state index in [1.807, 2.05) is 0 Å². The van der Waals surface area contributed by atoms with E-state index in [2.05, 4.69) is 48.5 Å². The van der Waals surface area contributed by atoms with Crippen molar-refractivity contribution in [1.29, 1.82) is 0 Å². The maximum Gasteiger partial charge on any atom is 0.472 e. The lowest BCUT2D eigenvalue weighted by Gasteiger charge is -2.21. The third-order valence-electron chi connectivity index (χ3n) is 15.9. The third kappa shape index (κ3) is 62.8. The van der Waals surface area contributed by atoms with E-state index >= 15 is 0 Å². The molecule has 522 valence electrons. The van der Waals surface area contributed by atoms with Crippen molar-refractivity contribution in [2.75, 3.05) is 39.6 Å². The summed E-state index contributed by atoms with van der Waals surface area (Å²) in [4.78, 5) is 72.4. The lowest BCUT2D eigenvalue weighted by molar-refractivity contribution is -0.161. The fraction of sp³-hybridized carbons (Fsp3) is 0.942. The molecule has 0 bridgehead atoms. The Morgan fingerprint density at radius 3 is 0.773 bits per heavy atom. The number of rotatable bonds is 67. The predicted molar refractivity (Wildman–Crippen MR) is 354 cm³/mol. The third-order valence-corrected chi connectivity index (χ3v) is 17.8. The van der Waals surface area contributed by atoms with Crippen LogP contribution in [0.2, 0.25) is 0 Å². The minimum Gasteiger partial charge on any atom is -0.462 e. The molecule has 88 heavy (non-hydrogen) atoms. The average Bonchev–Trinajstić information content (AvgIpc) is 3.38. The van der Waals surface area contributed by atoms with Crippen molar-refractivity contribution in [3.63, 3.8) is 0 Å². The van der Waals surface area contributed by atoms with Crippen LogP contribution in [0.25, 0.3) is 0 Å². The summed E-state index contributed by atoms with van der Waals surface area (Å²) in [6, 6.07) is 0. The zero-order chi connectivity index (χ0) is 65.2. The van der Waals surface area contributed by atoms with Crippen LogP contribution < -0.4 is 0 Å². The van der Waals surface area contributed by atoms with Crippen LogP contribution in [-0.4, -0.2) is 96.7 Å². The van der Waals surface area contributed by atoms with E-state index in [-0.39, 0.29) is 25.7 Å². The standard InChI is InChI=1S/C69H134O17P2/c1-8-9-10-11-12-29-36-43-50-66(71)79-56-64(86-69(74)53-46-39-32-25-23-28-35-42-49-62(6)7)58-83-87(75,76)81-54-63(70)55-82-88(77,78)84-59-65(57-80-67(72)51-44-37-30-24-22-27-34-41-48-61(4)5)85-68(73)52-45-38-31-21-19-17-15-13-14-16-18-20-26-33-40-47-60(2)3/h60-65,70H,8-59H2,1-7H3,(H,75,76)(H,77,78)/t63-,64+,65+/m0/s1. The van der Waals surface area contributed by atoms with Crippen LogP contribution in [0.1, 0.15) is 344 Å². The number of phosphoric ester groups is 2. The van der Waals surface area contributed by atoms with Gasteiger partial charge in [0.15, 0.2) is 12.2 Å². The topological polar surface area (TPSA) is 237 Å². The first-order valence-corrected chi connectivity index (χ1v) is 38.8. The molecule has 0 aromatic rings. The first-order chi connectivity index (χ1) is 42.2. The van der Waals surface area contributed by atoms with Crippen LogP contribution >= 0.6 is 15.6 Å². The Hall–Kier alpha value is -1.94. The number of aliphatic hydroxyl groups excluding tert-OH is 1. The first-order valence-electron chi connectivity index (χ1n) is 35.8. The molecule has 0 aromatic carbocycles. The Kier molecular flexibility index (Phi) is 58.7. The maximum absolute atomic E-state index is 13.0. The van der Waals surface area contributed by atoms with E-state index in [0.717, 1.165) is 114 Å². The largest absolute Gasteiger partial charge is 0.472 e. The molecule has 17 nitrogen and oxygen atoms in total. The molecule has 0 fully saturated rings. The Morgan fingerprint density at radius 1 is 0.307 bits per heavy atom. The Labute approximate surface area is 537 Å². The van der Waals surface area contributed by atoms with Crippen molar-refractivity contribution in [2.45, 2.75) is 362 Å². The number of hydrogen-bond donors (Lipinski definition) is 3. The molecule has 2 unspecified atom stereocenters. The van der Waals surface area contributed by atoms with Gasteiger partial charge in [-0.15, -0.1) is 0 Å². The Morgan fingerprint density at radius 2 is 0.523 bits per heavy atom. The van der Waals surface area contributed by atoms with Gasteiger partial charge in [-0.2, -0.15) is 0 Å². The molecule has 5 atom stereocenters. The van der Waals surface area contributed by atoms with E-state index < -0.39 is 97.5 Å². The van der Waals surface area contributed by atoms with Gasteiger partial charge in [0.1, 0.15) is 19.3 Å². The summed E-state index contributed by atoms with van der Waals surface area (Å²) in [5.74, 6) is 0.115. The summed E-state index contributed by atoms with van der Waals surface area (Å²) in [6.45, 7) is 11.8. The Balaban J connectivity index is 5.20. The summed E-state index contributed by atoms with van der Waals surface area (Å²) >= 11 is 0. The van der Waals surface area contributed by atoms with Crippen LogP contribution in [0.15, 0.2) is 0 Å². The van der Waals surface area contributed by atoms with Crippen molar-refractivity contribution >= 4 is 39.5 Å². The van der Waals surface area contributed by atoms with Gasteiger partial charge >= 0.3 is 39.5 Å². The molecule has 0 heterocycles. The highest BCUT2D eigenvalue weighted by Crippen LogP contribution is 2.45. The van der Waals surface area contributed by atoms with Crippen LogP contribution in [0, 0.1) is 17.8 Å². The maximum atomic E-state index is 13.0. The van der Waals surface area contributed by atoms with Crippen molar-refractivity contribution in [3.8, 4) is 0 Å². The Bertz CT molecular complexity index is 1730. The second-order valence-electron chi connectivity index (χ2n) is 26.3. The van der Waals surface area contributed by atoms with Gasteiger partial charge in [0.25, 0.3) is 0 Å². The molecule has 0 radical (unpaired) electrons. The zero-order valence-corrected chi connectivity index (χ0v) is 59.0. The summed E-state index contributed by atoms with van der Waals surface area (Å²) < 4.78 is 68.1. The summed E-state index contributed by atoms with van der Waals surface area (Å²) in [5, 5.41) is 10.6. The number of hydrogen-bond acceptors (Lipinski definition) is 15. The van der Waals surface area contributed by atoms with Gasteiger partial charge in [-0.1, -0.05) is 292 Å². The molecule has 0 saturated carbocycles. The van der Waals surface area contributed by atoms with Gasteiger partial charge in [-0.25, -0.2) is 9.13 Å². The molecule has 0 saturated heterocycles. The summed E-state index contributed by atoms with van der Waals surface area (Å²) in [5.41, 5.74) is 0. The van der Waals surface area contributed by atoms with E-state index in [9.17, 15) is 43.2 Å². The fourth-order valence-electron chi connectivity index (χ4n) is 10.4. The molecular formula is C69H134O17P2. The van der Waals surface area contributed by atoms with Crippen molar-refractivity contribution in [1.82, 2.24) is 0 Å². The molecule has 3 N–H and O–H groups in total. The van der Waals surface area contributed by atoms with Crippen molar-refractivity contribution in [2.24, 2.45) is 17.8 Å². The van der Waals surface area contributed by atoms with Gasteiger partial charge in [0, 0.05) is 25.7 Å².